The number of ether oxygens (including phenoxy) is 1. The van der Waals surface area contributed by atoms with Crippen LogP contribution in [0.4, 0.5) is 11.4 Å². The summed E-state index contributed by atoms with van der Waals surface area (Å²) in [6.07, 6.45) is 7.67. The lowest BCUT2D eigenvalue weighted by Crippen LogP contribution is -2.68. The van der Waals surface area contributed by atoms with E-state index in [0.29, 0.717) is 23.5 Å². The lowest BCUT2D eigenvalue weighted by Gasteiger charge is -2.63. The molecule has 1 heterocycles. The second-order valence-corrected chi connectivity index (χ2v) is 8.25. The molecule has 0 radical (unpaired) electrons. The molecule has 4 fully saturated rings. The van der Waals surface area contributed by atoms with Crippen LogP contribution in [0, 0.1) is 24.2 Å². The predicted molar refractivity (Wildman–Crippen MR) is 94.1 cm³/mol. The monoisotopic (exact) mass is 326 g/mol. The number of aryl methyl sites for hydroxylation is 1. The maximum Gasteiger partial charge on any atom is 0.227 e. The third kappa shape index (κ3) is 2.12. The van der Waals surface area contributed by atoms with Crippen LogP contribution >= 0.6 is 0 Å². The van der Waals surface area contributed by atoms with Gasteiger partial charge in [0.15, 0.2) is 0 Å². The molecule has 1 aromatic rings. The Labute approximate surface area is 143 Å². The Morgan fingerprint density at radius 3 is 2.79 bits per heavy atom. The van der Waals surface area contributed by atoms with E-state index < -0.39 is 0 Å². The summed E-state index contributed by atoms with van der Waals surface area (Å²) in [6, 6.07) is 6.78. The molecule has 128 valence electrons. The van der Waals surface area contributed by atoms with Crippen LogP contribution in [0.25, 0.3) is 0 Å². The first kappa shape index (κ1) is 14.8. The molecule has 3 saturated carbocycles. The molecule has 1 amide bonds. The lowest BCUT2D eigenvalue weighted by molar-refractivity contribution is -0.158. The largest absolute Gasteiger partial charge is 0.381 e. The minimum atomic E-state index is 0.174. The van der Waals surface area contributed by atoms with Gasteiger partial charge in [-0.15, -0.1) is 0 Å². The van der Waals surface area contributed by atoms with E-state index in [1.807, 2.05) is 6.07 Å². The Kier molecular flexibility index (Phi) is 3.21. The molecule has 4 aliphatic rings. The maximum atomic E-state index is 12.0. The molecule has 1 saturated heterocycles. The molecule has 3 aliphatic carbocycles. The summed E-state index contributed by atoms with van der Waals surface area (Å²) < 4.78 is 6.02. The predicted octanol–water partition coefficient (Wildman–Crippen LogP) is 3.71. The molecular formula is C20H26N2O2. The summed E-state index contributed by atoms with van der Waals surface area (Å²) in [7, 11) is 0. The summed E-state index contributed by atoms with van der Waals surface area (Å²) >= 11 is 0. The van der Waals surface area contributed by atoms with E-state index >= 15 is 0 Å². The van der Waals surface area contributed by atoms with E-state index in [-0.39, 0.29) is 11.8 Å². The fourth-order valence-electron chi connectivity index (χ4n) is 5.07. The third-order valence-corrected chi connectivity index (χ3v) is 6.80. The topological polar surface area (TPSA) is 50.4 Å². The highest BCUT2D eigenvalue weighted by Gasteiger charge is 2.66. The van der Waals surface area contributed by atoms with Gasteiger partial charge in [-0.2, -0.15) is 0 Å². The average molecular weight is 326 g/mol. The van der Waals surface area contributed by atoms with Crippen molar-refractivity contribution in [2.24, 2.45) is 17.3 Å². The first-order chi connectivity index (χ1) is 11.7. The zero-order valence-corrected chi connectivity index (χ0v) is 14.3. The molecule has 24 heavy (non-hydrogen) atoms. The average Bonchev–Trinajstić information content (AvgIpc) is 3.28. The van der Waals surface area contributed by atoms with Crippen molar-refractivity contribution in [1.82, 2.24) is 0 Å². The Balaban J connectivity index is 1.35. The number of rotatable bonds is 4. The van der Waals surface area contributed by atoms with Crippen molar-refractivity contribution in [1.29, 1.82) is 0 Å². The van der Waals surface area contributed by atoms with Gasteiger partial charge in [0.25, 0.3) is 0 Å². The number of hydrogen-bond acceptors (Lipinski definition) is 3. The highest BCUT2D eigenvalue weighted by Crippen LogP contribution is 2.63. The van der Waals surface area contributed by atoms with Crippen molar-refractivity contribution in [3.05, 3.63) is 23.8 Å². The first-order valence-corrected chi connectivity index (χ1v) is 9.47. The maximum absolute atomic E-state index is 12.0. The van der Waals surface area contributed by atoms with Gasteiger partial charge in [-0.25, -0.2) is 0 Å². The van der Waals surface area contributed by atoms with Gasteiger partial charge < -0.3 is 15.4 Å². The van der Waals surface area contributed by atoms with Crippen LogP contribution in [0.5, 0.6) is 0 Å². The van der Waals surface area contributed by atoms with Gasteiger partial charge in [-0.3, -0.25) is 4.79 Å². The molecule has 2 N–H and O–H groups in total. The van der Waals surface area contributed by atoms with E-state index in [4.69, 9.17) is 4.74 Å². The fourth-order valence-corrected chi connectivity index (χ4v) is 5.07. The lowest BCUT2D eigenvalue weighted by atomic mass is 9.46. The molecular weight excluding hydrogens is 300 g/mol. The van der Waals surface area contributed by atoms with E-state index in [2.05, 4.69) is 29.7 Å². The molecule has 0 bridgehead atoms. The van der Waals surface area contributed by atoms with Crippen LogP contribution in [0.1, 0.15) is 44.1 Å². The highest BCUT2D eigenvalue weighted by molar-refractivity contribution is 5.94. The summed E-state index contributed by atoms with van der Waals surface area (Å²) in [5, 5.41) is 6.91. The number of anilines is 2. The van der Waals surface area contributed by atoms with Gasteiger partial charge in [-0.1, -0.05) is 12.5 Å². The molecule has 3 atom stereocenters. The van der Waals surface area contributed by atoms with Crippen LogP contribution < -0.4 is 10.6 Å². The number of fused-ring (bicyclic) bond motifs is 2. The van der Waals surface area contributed by atoms with Crippen LogP contribution in [-0.2, 0) is 9.53 Å². The summed E-state index contributed by atoms with van der Waals surface area (Å²) in [4.78, 5) is 12.0. The number of benzene rings is 1. The van der Waals surface area contributed by atoms with Gasteiger partial charge in [0.2, 0.25) is 5.91 Å². The minimum absolute atomic E-state index is 0.174. The first-order valence-electron chi connectivity index (χ1n) is 9.47. The highest BCUT2D eigenvalue weighted by atomic mass is 16.5. The smallest absolute Gasteiger partial charge is 0.227 e. The molecule has 1 spiro atoms. The molecule has 1 aliphatic heterocycles. The zero-order chi connectivity index (χ0) is 16.3. The second kappa shape index (κ2) is 5.22. The quantitative estimate of drug-likeness (QED) is 0.887. The van der Waals surface area contributed by atoms with Crippen LogP contribution in [0.3, 0.4) is 0 Å². The minimum Gasteiger partial charge on any atom is -0.381 e. The van der Waals surface area contributed by atoms with E-state index in [1.165, 1.54) is 36.9 Å². The van der Waals surface area contributed by atoms with Gasteiger partial charge in [0.1, 0.15) is 0 Å². The van der Waals surface area contributed by atoms with Crippen molar-refractivity contribution >= 4 is 17.3 Å². The number of carbonyl (C=O) groups is 1. The Hall–Kier alpha value is -1.55. The number of amides is 1. The molecule has 1 aromatic carbocycles. The summed E-state index contributed by atoms with van der Waals surface area (Å²) in [6.45, 7) is 3.06. The van der Waals surface area contributed by atoms with Crippen molar-refractivity contribution in [2.75, 3.05) is 17.2 Å². The van der Waals surface area contributed by atoms with Crippen molar-refractivity contribution in [3.8, 4) is 0 Å². The molecule has 0 unspecified atom stereocenters. The number of hydrogen-bond donors (Lipinski definition) is 2. The molecule has 4 heteroatoms. The van der Waals surface area contributed by atoms with Gasteiger partial charge in [-0.05, 0) is 56.7 Å². The Morgan fingerprint density at radius 2 is 2.08 bits per heavy atom. The van der Waals surface area contributed by atoms with Crippen molar-refractivity contribution in [3.63, 3.8) is 0 Å². The number of nitrogens with one attached hydrogen (secondary N) is 2. The standard InChI is InChI=1S/C20H26N2O2/c1-12-3-6-14(21-19(23)13-4-5-13)11-16(12)22-17-15-7-10-24-18(15)20(17)8-2-9-20/h3,6,11,13,15,17-18,22H,2,4-5,7-10H2,1H3,(H,21,23)/t15-,17+,18-/m0/s1. The second-order valence-electron chi connectivity index (χ2n) is 8.25. The molecule has 5 rings (SSSR count). The molecule has 0 aromatic heterocycles. The normalized spacial score (nSPS) is 32.6. The number of carbonyl (C=O) groups excluding carboxylic acids is 1. The van der Waals surface area contributed by atoms with Crippen LogP contribution in [-0.4, -0.2) is 24.7 Å². The third-order valence-electron chi connectivity index (χ3n) is 6.80. The fraction of sp³-hybridized carbons (Fsp3) is 0.650. The van der Waals surface area contributed by atoms with E-state index in [0.717, 1.165) is 25.1 Å². The molecule has 4 nitrogen and oxygen atoms in total. The summed E-state index contributed by atoms with van der Waals surface area (Å²) in [5.41, 5.74) is 3.71. The zero-order valence-electron chi connectivity index (χ0n) is 14.3. The van der Waals surface area contributed by atoms with Gasteiger partial charge in [0, 0.05) is 41.3 Å². The Bertz CT molecular complexity index is 678. The SMILES string of the molecule is Cc1ccc(NC(=O)C2CC2)cc1N[C@@H]1[C@@H]2CCO[C@@H]2C12CCC2. The van der Waals surface area contributed by atoms with E-state index in [1.54, 1.807) is 0 Å². The Morgan fingerprint density at radius 1 is 1.25 bits per heavy atom. The van der Waals surface area contributed by atoms with Crippen molar-refractivity contribution < 1.29 is 9.53 Å². The van der Waals surface area contributed by atoms with Crippen LogP contribution in [0.15, 0.2) is 18.2 Å². The van der Waals surface area contributed by atoms with E-state index in [9.17, 15) is 4.79 Å². The van der Waals surface area contributed by atoms with Gasteiger partial charge in [0.05, 0.1) is 6.10 Å². The van der Waals surface area contributed by atoms with Gasteiger partial charge >= 0.3 is 0 Å². The summed E-state index contributed by atoms with van der Waals surface area (Å²) in [5.74, 6) is 1.08. The van der Waals surface area contributed by atoms with Crippen LogP contribution in [0.2, 0.25) is 0 Å². The van der Waals surface area contributed by atoms with Crippen molar-refractivity contribution in [2.45, 2.75) is 57.6 Å².